The van der Waals surface area contributed by atoms with Crippen LogP contribution in [0, 0.1) is 20.2 Å². The summed E-state index contributed by atoms with van der Waals surface area (Å²) < 4.78 is 1.33. The Kier molecular flexibility index (Phi) is 3.57. The van der Waals surface area contributed by atoms with Crippen molar-refractivity contribution in [3.05, 3.63) is 56.3 Å². The van der Waals surface area contributed by atoms with Gasteiger partial charge >= 0.3 is 5.82 Å². The molecule has 0 amide bonds. The zero-order valence-electron chi connectivity index (χ0n) is 10.1. The number of anilines is 1. The zero-order valence-corrected chi connectivity index (χ0v) is 10.1. The molecule has 20 heavy (non-hydrogen) atoms. The third kappa shape index (κ3) is 2.70. The number of nitrogens with one attached hydrogen (secondary N) is 1. The fourth-order valence-corrected chi connectivity index (χ4v) is 1.67. The lowest BCUT2D eigenvalue weighted by atomic mass is 10.1. The number of nitro benzene ring substituents is 1. The van der Waals surface area contributed by atoms with Gasteiger partial charge < -0.3 is 15.5 Å². The average Bonchev–Trinajstić information content (AvgIpc) is 2.87. The van der Waals surface area contributed by atoms with Crippen LogP contribution < -0.4 is 11.3 Å². The first-order valence-electron chi connectivity index (χ1n) is 5.43. The van der Waals surface area contributed by atoms with Crippen molar-refractivity contribution in [2.24, 2.45) is 5.84 Å². The number of nitrogen functional groups attached to an aromatic ring is 1. The van der Waals surface area contributed by atoms with E-state index in [0.717, 1.165) is 0 Å². The molecule has 3 N–H and O–H groups in total. The van der Waals surface area contributed by atoms with E-state index in [2.05, 4.69) is 10.5 Å². The summed E-state index contributed by atoms with van der Waals surface area (Å²) in [6.07, 6.45) is 1.43. The lowest BCUT2D eigenvalue weighted by molar-refractivity contribution is -0.389. The van der Waals surface area contributed by atoms with Crippen LogP contribution in [0.15, 0.2) is 30.5 Å². The average molecular weight is 278 g/mol. The number of hydrogen-bond acceptors (Lipinski definition) is 7. The molecule has 1 aromatic carbocycles. The summed E-state index contributed by atoms with van der Waals surface area (Å²) in [6.45, 7) is 0.180. The number of hydrogen-bond donors (Lipinski definition) is 2. The van der Waals surface area contributed by atoms with Gasteiger partial charge in [-0.15, -0.1) is 0 Å². The maximum atomic E-state index is 10.9. The molecule has 1 heterocycles. The molecule has 0 bridgehead atoms. The molecule has 0 radical (unpaired) electrons. The summed E-state index contributed by atoms with van der Waals surface area (Å²) in [7, 11) is 0. The number of nitrogens with zero attached hydrogens (tertiary/aromatic N) is 4. The van der Waals surface area contributed by atoms with Crippen molar-refractivity contribution in [2.45, 2.75) is 6.54 Å². The van der Waals surface area contributed by atoms with Gasteiger partial charge in [-0.2, -0.15) is 4.68 Å². The lowest BCUT2D eigenvalue weighted by Crippen LogP contribution is -2.10. The number of rotatable bonds is 5. The van der Waals surface area contributed by atoms with Gasteiger partial charge in [0.15, 0.2) is 0 Å². The SMILES string of the molecule is NNc1ccc(Cn2ccc([N+](=O)[O-])n2)cc1[N+](=O)[O-]. The Labute approximate surface area is 112 Å². The Morgan fingerprint density at radius 2 is 2.00 bits per heavy atom. The fourth-order valence-electron chi connectivity index (χ4n) is 1.67. The van der Waals surface area contributed by atoms with Gasteiger partial charge in [-0.05, 0) is 16.6 Å². The number of hydrazine groups is 1. The minimum atomic E-state index is -0.611. The summed E-state index contributed by atoms with van der Waals surface area (Å²) in [5, 5.41) is 25.1. The van der Waals surface area contributed by atoms with Crippen molar-refractivity contribution in [3.8, 4) is 0 Å². The molecule has 0 unspecified atom stereocenters. The molecule has 2 rings (SSSR count). The van der Waals surface area contributed by atoms with Crippen LogP contribution in [0.5, 0.6) is 0 Å². The molecule has 0 aliphatic rings. The molecule has 10 nitrogen and oxygen atoms in total. The Morgan fingerprint density at radius 1 is 1.25 bits per heavy atom. The largest absolute Gasteiger partial charge is 0.389 e. The van der Waals surface area contributed by atoms with E-state index in [0.29, 0.717) is 5.56 Å². The number of aromatic nitrogens is 2. The van der Waals surface area contributed by atoms with Crippen molar-refractivity contribution in [1.29, 1.82) is 0 Å². The highest BCUT2D eigenvalue weighted by atomic mass is 16.6. The molecule has 0 aliphatic carbocycles. The second kappa shape index (κ2) is 5.32. The fraction of sp³-hybridized carbons (Fsp3) is 0.100. The van der Waals surface area contributed by atoms with Gasteiger partial charge in [0.2, 0.25) is 0 Å². The maximum absolute atomic E-state index is 10.9. The smallest absolute Gasteiger partial charge is 0.358 e. The Balaban J connectivity index is 2.26. The highest BCUT2D eigenvalue weighted by Gasteiger charge is 2.16. The Hall–Kier alpha value is -3.01. The van der Waals surface area contributed by atoms with Gasteiger partial charge in [0, 0.05) is 6.07 Å². The molecule has 0 atom stereocenters. The highest BCUT2D eigenvalue weighted by molar-refractivity contribution is 5.61. The topological polar surface area (TPSA) is 142 Å². The third-order valence-corrected chi connectivity index (χ3v) is 2.57. The molecular formula is C10H10N6O4. The van der Waals surface area contributed by atoms with E-state index in [1.807, 2.05) is 0 Å². The van der Waals surface area contributed by atoms with Crippen molar-refractivity contribution in [3.63, 3.8) is 0 Å². The summed E-state index contributed by atoms with van der Waals surface area (Å²) in [4.78, 5) is 20.2. The number of benzene rings is 1. The summed E-state index contributed by atoms with van der Waals surface area (Å²) >= 11 is 0. The van der Waals surface area contributed by atoms with Crippen LogP contribution in [0.2, 0.25) is 0 Å². The van der Waals surface area contributed by atoms with E-state index in [9.17, 15) is 20.2 Å². The molecule has 0 saturated heterocycles. The van der Waals surface area contributed by atoms with Gasteiger partial charge in [0.05, 0.1) is 28.8 Å². The van der Waals surface area contributed by atoms with E-state index in [-0.39, 0.29) is 23.7 Å². The van der Waals surface area contributed by atoms with E-state index in [4.69, 9.17) is 5.84 Å². The molecule has 0 aliphatic heterocycles. The van der Waals surface area contributed by atoms with E-state index >= 15 is 0 Å². The quantitative estimate of drug-likeness (QED) is 0.472. The second-order valence-corrected chi connectivity index (χ2v) is 3.88. The first-order valence-corrected chi connectivity index (χ1v) is 5.43. The van der Waals surface area contributed by atoms with Crippen molar-refractivity contribution in [1.82, 2.24) is 9.78 Å². The number of nitrogens with two attached hydrogens (primary N) is 1. The minimum absolute atomic E-state index is 0.174. The molecule has 2 aromatic rings. The standard InChI is InChI=1S/C10H10N6O4/c11-12-8-2-1-7(5-9(8)15(17)18)6-14-4-3-10(13-14)16(19)20/h1-5,12H,6,11H2. The molecule has 104 valence electrons. The predicted molar refractivity (Wildman–Crippen MR) is 68.9 cm³/mol. The Morgan fingerprint density at radius 3 is 2.55 bits per heavy atom. The summed E-state index contributed by atoms with van der Waals surface area (Å²) in [5.41, 5.74) is 2.82. The van der Waals surface area contributed by atoms with Crippen molar-refractivity contribution >= 4 is 17.2 Å². The van der Waals surface area contributed by atoms with E-state index in [1.165, 1.54) is 29.1 Å². The highest BCUT2D eigenvalue weighted by Crippen LogP contribution is 2.25. The van der Waals surface area contributed by atoms with Gasteiger partial charge in [0.25, 0.3) is 5.69 Å². The summed E-state index contributed by atoms with van der Waals surface area (Å²) in [5.74, 6) is 4.90. The summed E-state index contributed by atoms with van der Waals surface area (Å²) in [6, 6.07) is 5.67. The van der Waals surface area contributed by atoms with Gasteiger partial charge in [-0.1, -0.05) is 6.07 Å². The molecule has 1 aromatic heterocycles. The molecule has 0 spiro atoms. The molecule has 10 heteroatoms. The van der Waals surface area contributed by atoms with Crippen LogP contribution in [0.25, 0.3) is 0 Å². The molecule has 0 fully saturated rings. The van der Waals surface area contributed by atoms with Crippen LogP contribution in [0.4, 0.5) is 17.2 Å². The normalized spacial score (nSPS) is 10.2. The van der Waals surface area contributed by atoms with Gasteiger partial charge in [-0.25, -0.2) is 0 Å². The van der Waals surface area contributed by atoms with Crippen LogP contribution in [0.1, 0.15) is 5.56 Å². The minimum Gasteiger partial charge on any atom is -0.358 e. The maximum Gasteiger partial charge on any atom is 0.389 e. The zero-order chi connectivity index (χ0) is 14.7. The Bertz CT molecular complexity index is 668. The van der Waals surface area contributed by atoms with Crippen molar-refractivity contribution < 1.29 is 9.85 Å². The van der Waals surface area contributed by atoms with Crippen molar-refractivity contribution in [2.75, 3.05) is 5.43 Å². The predicted octanol–water partition coefficient (Wildman–Crippen LogP) is 1.03. The van der Waals surface area contributed by atoms with Crippen LogP contribution in [0.3, 0.4) is 0 Å². The molecular weight excluding hydrogens is 268 g/mol. The monoisotopic (exact) mass is 278 g/mol. The van der Waals surface area contributed by atoms with Crippen LogP contribution >= 0.6 is 0 Å². The third-order valence-electron chi connectivity index (χ3n) is 2.57. The van der Waals surface area contributed by atoms with E-state index in [1.54, 1.807) is 6.07 Å². The molecule has 0 saturated carbocycles. The van der Waals surface area contributed by atoms with Crippen LogP contribution in [-0.4, -0.2) is 19.6 Å². The van der Waals surface area contributed by atoms with Crippen LogP contribution in [-0.2, 0) is 6.54 Å². The van der Waals surface area contributed by atoms with Gasteiger partial charge in [0.1, 0.15) is 5.69 Å². The van der Waals surface area contributed by atoms with Gasteiger partial charge in [-0.3, -0.25) is 16.0 Å². The first kappa shape index (κ1) is 13.4. The second-order valence-electron chi connectivity index (χ2n) is 3.88. The lowest BCUT2D eigenvalue weighted by Gasteiger charge is -2.04. The van der Waals surface area contributed by atoms with E-state index < -0.39 is 9.85 Å². The first-order chi connectivity index (χ1) is 9.51. The number of nitro groups is 2.